The predicted molar refractivity (Wildman–Crippen MR) is 147 cm³/mol. The minimum atomic E-state index is -0.0306. The van der Waals surface area contributed by atoms with Crippen LogP contribution in [0.25, 0.3) is 10.9 Å². The van der Waals surface area contributed by atoms with E-state index in [0.717, 1.165) is 60.9 Å². The summed E-state index contributed by atoms with van der Waals surface area (Å²) in [5, 5.41) is 14.3. The highest BCUT2D eigenvalue weighted by Crippen LogP contribution is 2.33. The summed E-state index contributed by atoms with van der Waals surface area (Å²) in [4.78, 5) is 18.7. The monoisotopic (exact) mass is 498 g/mol. The molecule has 0 saturated heterocycles. The number of aromatic nitrogens is 5. The van der Waals surface area contributed by atoms with Gasteiger partial charge in [0.1, 0.15) is 0 Å². The fourth-order valence-corrected chi connectivity index (χ4v) is 5.71. The Morgan fingerprint density at radius 1 is 1.00 bits per heavy atom. The van der Waals surface area contributed by atoms with Gasteiger partial charge in [-0.2, -0.15) is 0 Å². The zero-order chi connectivity index (χ0) is 25.6. The molecule has 2 heterocycles. The van der Waals surface area contributed by atoms with Crippen LogP contribution in [0.3, 0.4) is 0 Å². The summed E-state index contributed by atoms with van der Waals surface area (Å²) >= 11 is 0. The molecule has 1 N–H and O–H groups in total. The summed E-state index contributed by atoms with van der Waals surface area (Å²) < 4.78 is 2.09. The molecular weight excluding hydrogens is 460 g/mol. The van der Waals surface area contributed by atoms with Crippen LogP contribution in [0.4, 0.5) is 0 Å². The smallest absolute Gasteiger partial charge is 0.252 e. The van der Waals surface area contributed by atoms with Crippen molar-refractivity contribution in [3.63, 3.8) is 0 Å². The molecule has 0 radical (unpaired) electrons. The van der Waals surface area contributed by atoms with E-state index in [1.54, 1.807) is 0 Å². The topological polar surface area (TPSA) is 79.7 Å². The van der Waals surface area contributed by atoms with Gasteiger partial charge in [-0.15, -0.1) is 5.10 Å². The third-order valence-corrected chi connectivity index (χ3v) is 7.74. The van der Waals surface area contributed by atoms with Crippen LogP contribution in [0, 0.1) is 0 Å². The first kappa shape index (κ1) is 25.3. The summed E-state index contributed by atoms with van der Waals surface area (Å²) in [5.41, 5.74) is 4.10. The molecule has 1 saturated carbocycles. The first-order valence-corrected chi connectivity index (χ1v) is 13.9. The van der Waals surface area contributed by atoms with Crippen LogP contribution in [0.1, 0.15) is 93.4 Å². The van der Waals surface area contributed by atoms with E-state index in [4.69, 9.17) is 0 Å². The molecule has 2 aromatic heterocycles. The lowest BCUT2D eigenvalue weighted by Gasteiger charge is -2.32. The van der Waals surface area contributed by atoms with Crippen molar-refractivity contribution in [3.8, 4) is 0 Å². The van der Waals surface area contributed by atoms with Gasteiger partial charge in [0.25, 0.3) is 5.56 Å². The molecule has 4 aromatic rings. The molecule has 37 heavy (non-hydrogen) atoms. The van der Waals surface area contributed by atoms with Crippen LogP contribution < -0.4 is 5.56 Å². The van der Waals surface area contributed by atoms with Gasteiger partial charge in [0.05, 0.1) is 12.1 Å². The van der Waals surface area contributed by atoms with Crippen molar-refractivity contribution in [1.82, 2.24) is 30.1 Å². The van der Waals surface area contributed by atoms with E-state index in [-0.39, 0.29) is 11.6 Å². The van der Waals surface area contributed by atoms with Gasteiger partial charge >= 0.3 is 0 Å². The van der Waals surface area contributed by atoms with E-state index in [1.165, 1.54) is 30.4 Å². The molecule has 0 bridgehead atoms. The summed E-state index contributed by atoms with van der Waals surface area (Å²) in [6.07, 6.45) is 8.88. The van der Waals surface area contributed by atoms with E-state index in [1.807, 2.05) is 12.1 Å². The first-order chi connectivity index (χ1) is 18.2. The molecule has 1 aliphatic rings. The standard InChI is InChI=1S/C30H38N6O/c1-3-11-28(29-32-33-34-36(29)26-14-9-6-10-15-26)35(20-23-12-7-5-8-13-23)21-25-19-24-18-22(4-2)16-17-27(24)31-30(25)37/h5,7-8,12-13,16-19,26,28H,3-4,6,9-11,14-15,20-21H2,1-2H3,(H,31,37). The van der Waals surface area contributed by atoms with Crippen LogP contribution in [0.2, 0.25) is 0 Å². The fraction of sp³-hybridized carbons (Fsp3) is 0.467. The number of rotatable bonds is 10. The SMILES string of the molecule is CCCC(c1nnnn1C1CCCCC1)N(Cc1ccccc1)Cc1cc2cc(CC)ccc2[nH]c1=O. The van der Waals surface area contributed by atoms with Crippen molar-refractivity contribution in [1.29, 1.82) is 0 Å². The van der Waals surface area contributed by atoms with Crippen molar-refractivity contribution < 1.29 is 0 Å². The van der Waals surface area contributed by atoms with E-state index >= 15 is 0 Å². The highest BCUT2D eigenvalue weighted by Gasteiger charge is 2.29. The molecule has 1 atom stereocenters. The van der Waals surface area contributed by atoms with Gasteiger partial charge in [-0.3, -0.25) is 9.69 Å². The summed E-state index contributed by atoms with van der Waals surface area (Å²) in [6, 6.07) is 19.2. The molecule has 1 fully saturated rings. The van der Waals surface area contributed by atoms with Gasteiger partial charge in [0.15, 0.2) is 5.82 Å². The predicted octanol–water partition coefficient (Wildman–Crippen LogP) is 6.13. The molecule has 0 spiro atoms. The summed E-state index contributed by atoms with van der Waals surface area (Å²) in [5.74, 6) is 0.926. The molecular formula is C30H38N6O. The van der Waals surface area contributed by atoms with Gasteiger partial charge in [0, 0.05) is 24.2 Å². The maximum atomic E-state index is 13.2. The zero-order valence-electron chi connectivity index (χ0n) is 22.1. The molecule has 0 aliphatic heterocycles. The fourth-order valence-electron chi connectivity index (χ4n) is 5.71. The van der Waals surface area contributed by atoms with Gasteiger partial charge in [-0.25, -0.2) is 4.68 Å². The Hall–Kier alpha value is -3.32. The Bertz CT molecular complexity index is 1360. The number of hydrogen-bond acceptors (Lipinski definition) is 5. The second-order valence-electron chi connectivity index (χ2n) is 10.4. The summed E-state index contributed by atoms with van der Waals surface area (Å²) in [7, 11) is 0. The molecule has 0 amide bonds. The van der Waals surface area contributed by atoms with E-state index in [0.29, 0.717) is 12.6 Å². The lowest BCUT2D eigenvalue weighted by atomic mass is 9.95. The second kappa shape index (κ2) is 11.8. The average Bonchev–Trinajstić information content (AvgIpc) is 3.42. The number of H-pyrrole nitrogens is 1. The van der Waals surface area contributed by atoms with Crippen LogP contribution >= 0.6 is 0 Å². The lowest BCUT2D eigenvalue weighted by molar-refractivity contribution is 0.150. The normalized spacial score (nSPS) is 15.4. The Kier molecular flexibility index (Phi) is 8.09. The lowest BCUT2D eigenvalue weighted by Crippen LogP contribution is -2.33. The third-order valence-electron chi connectivity index (χ3n) is 7.74. The third kappa shape index (κ3) is 5.82. The van der Waals surface area contributed by atoms with E-state index in [9.17, 15) is 4.79 Å². The minimum absolute atomic E-state index is 0.0132. The number of aromatic amines is 1. The van der Waals surface area contributed by atoms with Crippen molar-refractivity contribution >= 4 is 10.9 Å². The molecule has 7 nitrogen and oxygen atoms in total. The summed E-state index contributed by atoms with van der Waals surface area (Å²) in [6.45, 7) is 5.60. The number of aryl methyl sites for hydroxylation is 1. The Morgan fingerprint density at radius 3 is 2.57 bits per heavy atom. The number of benzene rings is 2. The Labute approximate surface area is 218 Å². The second-order valence-corrected chi connectivity index (χ2v) is 10.4. The van der Waals surface area contributed by atoms with E-state index in [2.05, 4.69) is 86.4 Å². The van der Waals surface area contributed by atoms with Gasteiger partial charge in [0.2, 0.25) is 0 Å². The number of fused-ring (bicyclic) bond motifs is 1. The van der Waals surface area contributed by atoms with Crippen molar-refractivity contribution in [3.05, 3.63) is 87.5 Å². The molecule has 1 unspecified atom stereocenters. The van der Waals surface area contributed by atoms with Crippen LogP contribution in [-0.4, -0.2) is 30.1 Å². The maximum absolute atomic E-state index is 13.2. The van der Waals surface area contributed by atoms with Crippen LogP contribution in [0.5, 0.6) is 0 Å². The number of tetrazole rings is 1. The average molecular weight is 499 g/mol. The van der Waals surface area contributed by atoms with Crippen LogP contribution in [-0.2, 0) is 19.5 Å². The highest BCUT2D eigenvalue weighted by molar-refractivity contribution is 5.79. The molecule has 2 aromatic carbocycles. The molecule has 7 heteroatoms. The van der Waals surface area contributed by atoms with Crippen molar-refractivity contribution in [2.75, 3.05) is 0 Å². The van der Waals surface area contributed by atoms with E-state index < -0.39 is 0 Å². The Morgan fingerprint density at radius 2 is 1.81 bits per heavy atom. The minimum Gasteiger partial charge on any atom is -0.322 e. The molecule has 5 rings (SSSR count). The zero-order valence-corrected chi connectivity index (χ0v) is 22.1. The van der Waals surface area contributed by atoms with Crippen molar-refractivity contribution in [2.24, 2.45) is 0 Å². The maximum Gasteiger partial charge on any atom is 0.252 e. The number of hydrogen-bond donors (Lipinski definition) is 1. The van der Waals surface area contributed by atoms with Crippen LogP contribution in [0.15, 0.2) is 59.4 Å². The number of nitrogens with zero attached hydrogens (tertiary/aromatic N) is 5. The largest absolute Gasteiger partial charge is 0.322 e. The van der Waals surface area contributed by atoms with Crippen molar-refractivity contribution in [2.45, 2.75) is 90.4 Å². The molecule has 1 aliphatic carbocycles. The first-order valence-electron chi connectivity index (χ1n) is 13.9. The molecule has 194 valence electrons. The van der Waals surface area contributed by atoms with Gasteiger partial charge < -0.3 is 4.98 Å². The highest BCUT2D eigenvalue weighted by atomic mass is 16.1. The quantitative estimate of drug-likeness (QED) is 0.285. The number of pyridine rings is 1. The number of nitrogens with one attached hydrogen (secondary N) is 1. The Balaban J connectivity index is 1.54. The van der Waals surface area contributed by atoms with Gasteiger partial charge in [-0.1, -0.05) is 75.9 Å². The van der Waals surface area contributed by atoms with Gasteiger partial charge in [-0.05, 0) is 70.8 Å².